The number of benzene rings is 2. The van der Waals surface area contributed by atoms with E-state index in [9.17, 15) is 9.59 Å². The number of quaternary nitrogens is 1. The van der Waals surface area contributed by atoms with Crippen molar-refractivity contribution in [1.29, 1.82) is 0 Å². The highest BCUT2D eigenvalue weighted by molar-refractivity contribution is 5.89. The lowest BCUT2D eigenvalue weighted by atomic mass is 9.94. The van der Waals surface area contributed by atoms with Gasteiger partial charge in [-0.25, -0.2) is 0 Å². The molecule has 2 amide bonds. The molecule has 1 heterocycles. The van der Waals surface area contributed by atoms with Crippen LogP contribution in [0.25, 0.3) is 0 Å². The molecule has 0 unspecified atom stereocenters. The van der Waals surface area contributed by atoms with Crippen LogP contribution in [0.1, 0.15) is 49.9 Å². The summed E-state index contributed by atoms with van der Waals surface area (Å²) in [5.41, 5.74) is 3.55. The van der Waals surface area contributed by atoms with Crippen molar-refractivity contribution >= 4 is 11.8 Å². The van der Waals surface area contributed by atoms with Crippen molar-refractivity contribution in [1.82, 2.24) is 10.6 Å². The van der Waals surface area contributed by atoms with Crippen LogP contribution in [-0.2, 0) is 22.6 Å². The summed E-state index contributed by atoms with van der Waals surface area (Å²) < 4.78 is 0. The summed E-state index contributed by atoms with van der Waals surface area (Å²) in [6.45, 7) is 6.81. The molecule has 1 aliphatic heterocycles. The van der Waals surface area contributed by atoms with Gasteiger partial charge in [-0.15, -0.1) is 0 Å². The Balaban J connectivity index is 1.66. The number of rotatable bonds is 7. The van der Waals surface area contributed by atoms with Crippen LogP contribution in [0.3, 0.4) is 0 Å². The molecular formula is C24H32N3O2+. The Bertz CT molecular complexity index is 837. The SMILES string of the molecule is CC[C@@H](C)[C@H](NC(=O)[C@@H]1Cc2ccccc2C[NH2+]1)C(=O)N[C@@H](C)c1ccccc1. The molecule has 1 aliphatic rings. The highest BCUT2D eigenvalue weighted by Gasteiger charge is 2.33. The maximum absolute atomic E-state index is 13.0. The number of hydrogen-bond donors (Lipinski definition) is 3. The highest BCUT2D eigenvalue weighted by atomic mass is 16.2. The molecule has 29 heavy (non-hydrogen) atoms. The van der Waals surface area contributed by atoms with E-state index in [0.717, 1.165) is 18.5 Å². The lowest BCUT2D eigenvalue weighted by molar-refractivity contribution is -0.695. The lowest BCUT2D eigenvalue weighted by Gasteiger charge is -2.28. The molecule has 4 N–H and O–H groups in total. The molecule has 0 spiro atoms. The smallest absolute Gasteiger partial charge is 0.279 e. The molecule has 4 atom stereocenters. The van der Waals surface area contributed by atoms with Crippen molar-refractivity contribution in [3.8, 4) is 0 Å². The van der Waals surface area contributed by atoms with Crippen molar-refractivity contribution in [2.45, 2.75) is 58.3 Å². The highest BCUT2D eigenvalue weighted by Crippen LogP contribution is 2.16. The maximum atomic E-state index is 13.0. The van der Waals surface area contributed by atoms with Crippen molar-refractivity contribution in [3.63, 3.8) is 0 Å². The number of carbonyl (C=O) groups excluding carboxylic acids is 2. The number of nitrogens with one attached hydrogen (secondary N) is 2. The zero-order valence-electron chi connectivity index (χ0n) is 17.5. The summed E-state index contributed by atoms with van der Waals surface area (Å²) >= 11 is 0. The predicted molar refractivity (Wildman–Crippen MR) is 114 cm³/mol. The third-order valence-electron chi connectivity index (χ3n) is 5.97. The van der Waals surface area contributed by atoms with Gasteiger partial charge in [0.2, 0.25) is 5.91 Å². The lowest BCUT2D eigenvalue weighted by Crippen LogP contribution is -2.93. The van der Waals surface area contributed by atoms with Crippen molar-refractivity contribution in [3.05, 3.63) is 71.3 Å². The van der Waals surface area contributed by atoms with E-state index in [1.165, 1.54) is 11.1 Å². The molecule has 5 heteroatoms. The first-order valence-corrected chi connectivity index (χ1v) is 10.5. The molecule has 0 fully saturated rings. The average Bonchev–Trinajstić information content (AvgIpc) is 2.76. The van der Waals surface area contributed by atoms with E-state index < -0.39 is 6.04 Å². The molecule has 0 saturated carbocycles. The molecular weight excluding hydrogens is 362 g/mol. The predicted octanol–water partition coefficient (Wildman–Crippen LogP) is 2.08. The molecule has 0 radical (unpaired) electrons. The van der Waals surface area contributed by atoms with E-state index in [1.807, 2.05) is 63.2 Å². The summed E-state index contributed by atoms with van der Waals surface area (Å²) in [4.78, 5) is 26.0. The van der Waals surface area contributed by atoms with E-state index in [4.69, 9.17) is 0 Å². The Morgan fingerprint density at radius 3 is 2.34 bits per heavy atom. The van der Waals surface area contributed by atoms with E-state index in [1.54, 1.807) is 0 Å². The fourth-order valence-corrected chi connectivity index (χ4v) is 3.84. The fourth-order valence-electron chi connectivity index (χ4n) is 3.84. The van der Waals surface area contributed by atoms with Crippen LogP contribution in [0, 0.1) is 5.92 Å². The van der Waals surface area contributed by atoms with Gasteiger partial charge < -0.3 is 16.0 Å². The third kappa shape index (κ3) is 5.24. The maximum Gasteiger partial charge on any atom is 0.279 e. The second-order valence-electron chi connectivity index (χ2n) is 8.03. The zero-order valence-corrected chi connectivity index (χ0v) is 17.5. The molecule has 0 aromatic heterocycles. The number of carbonyl (C=O) groups is 2. The van der Waals surface area contributed by atoms with Crippen molar-refractivity contribution < 1.29 is 14.9 Å². The second kappa shape index (κ2) is 9.70. The van der Waals surface area contributed by atoms with Crippen molar-refractivity contribution in [2.75, 3.05) is 0 Å². The van der Waals surface area contributed by atoms with Crippen LogP contribution in [0.2, 0.25) is 0 Å². The monoisotopic (exact) mass is 394 g/mol. The first-order chi connectivity index (χ1) is 14.0. The van der Waals surface area contributed by atoms with Crippen LogP contribution in [0.5, 0.6) is 0 Å². The first kappa shape index (κ1) is 21.1. The van der Waals surface area contributed by atoms with Gasteiger partial charge in [0, 0.05) is 12.0 Å². The zero-order chi connectivity index (χ0) is 20.8. The Hall–Kier alpha value is -2.66. The van der Waals surface area contributed by atoms with Gasteiger partial charge in [-0.05, 0) is 24.0 Å². The van der Waals surface area contributed by atoms with Gasteiger partial charge in [0.15, 0.2) is 6.04 Å². The minimum atomic E-state index is -0.538. The minimum Gasteiger partial charge on any atom is -0.348 e. The van der Waals surface area contributed by atoms with E-state index in [0.29, 0.717) is 6.42 Å². The number of nitrogens with two attached hydrogens (primary N) is 1. The molecule has 0 saturated heterocycles. The molecule has 2 aromatic rings. The number of amides is 2. The topological polar surface area (TPSA) is 74.8 Å². The molecule has 154 valence electrons. The number of hydrogen-bond acceptors (Lipinski definition) is 2. The Morgan fingerprint density at radius 1 is 1.00 bits per heavy atom. The van der Waals surface area contributed by atoms with E-state index >= 15 is 0 Å². The van der Waals surface area contributed by atoms with Crippen molar-refractivity contribution in [2.24, 2.45) is 5.92 Å². The normalized spacial score (nSPS) is 18.8. The van der Waals surface area contributed by atoms with E-state index in [-0.39, 0.29) is 29.8 Å². The summed E-state index contributed by atoms with van der Waals surface area (Å²) in [5, 5.41) is 8.18. The summed E-state index contributed by atoms with van der Waals surface area (Å²) in [7, 11) is 0. The Morgan fingerprint density at radius 2 is 1.66 bits per heavy atom. The second-order valence-corrected chi connectivity index (χ2v) is 8.03. The molecule has 0 aliphatic carbocycles. The van der Waals surface area contributed by atoms with Gasteiger partial charge in [-0.3, -0.25) is 9.59 Å². The standard InChI is InChI=1S/C24H31N3O2/c1-4-16(2)22(24(29)26-17(3)18-10-6-5-7-11-18)27-23(28)21-14-19-12-8-9-13-20(19)15-25-21/h5-13,16-17,21-22,25H,4,14-15H2,1-3H3,(H,26,29)(H,27,28)/p+1/t16-,17+,21+,22+/m1/s1. The van der Waals surface area contributed by atoms with Gasteiger partial charge in [0.05, 0.1) is 6.04 Å². The van der Waals surface area contributed by atoms with Gasteiger partial charge in [0.1, 0.15) is 12.6 Å². The average molecular weight is 395 g/mol. The largest absolute Gasteiger partial charge is 0.348 e. The van der Waals surface area contributed by atoms with Gasteiger partial charge in [-0.1, -0.05) is 74.9 Å². The minimum absolute atomic E-state index is 0.0535. The number of fused-ring (bicyclic) bond motifs is 1. The first-order valence-electron chi connectivity index (χ1n) is 10.5. The van der Waals surface area contributed by atoms with Gasteiger partial charge >= 0.3 is 0 Å². The molecule has 0 bridgehead atoms. The summed E-state index contributed by atoms with van der Waals surface area (Å²) in [6.07, 6.45) is 1.51. The van der Waals surface area contributed by atoms with Crippen LogP contribution < -0.4 is 16.0 Å². The fraction of sp³-hybridized carbons (Fsp3) is 0.417. The van der Waals surface area contributed by atoms with Crippen LogP contribution >= 0.6 is 0 Å². The van der Waals surface area contributed by atoms with Crippen LogP contribution in [0.15, 0.2) is 54.6 Å². The quantitative estimate of drug-likeness (QED) is 0.673. The molecule has 5 nitrogen and oxygen atoms in total. The third-order valence-corrected chi connectivity index (χ3v) is 5.97. The Labute approximate surface area is 173 Å². The summed E-state index contributed by atoms with van der Waals surface area (Å²) in [5.74, 6) is -0.134. The molecule has 3 rings (SSSR count). The van der Waals surface area contributed by atoms with Crippen LogP contribution in [-0.4, -0.2) is 23.9 Å². The Kier molecular flexibility index (Phi) is 7.04. The molecule has 2 aromatic carbocycles. The van der Waals surface area contributed by atoms with E-state index in [2.05, 4.69) is 28.1 Å². The summed E-state index contributed by atoms with van der Waals surface area (Å²) in [6, 6.07) is 17.3. The van der Waals surface area contributed by atoms with Gasteiger partial charge in [-0.2, -0.15) is 0 Å². The van der Waals surface area contributed by atoms with Gasteiger partial charge in [0.25, 0.3) is 5.91 Å². The van der Waals surface area contributed by atoms with Crippen LogP contribution in [0.4, 0.5) is 0 Å².